The van der Waals surface area contributed by atoms with Crippen LogP contribution < -0.4 is 0 Å². The Morgan fingerprint density at radius 2 is 1.67 bits per heavy atom. The van der Waals surface area contributed by atoms with E-state index in [0.29, 0.717) is 12.2 Å². The van der Waals surface area contributed by atoms with Crippen LogP contribution in [-0.4, -0.2) is 39.0 Å². The molecule has 2 aromatic carbocycles. The minimum absolute atomic E-state index is 0.558. The van der Waals surface area contributed by atoms with Crippen molar-refractivity contribution < 1.29 is 19.8 Å². The van der Waals surface area contributed by atoms with E-state index in [4.69, 9.17) is 10.2 Å². The van der Waals surface area contributed by atoms with E-state index in [1.54, 1.807) is 0 Å². The van der Waals surface area contributed by atoms with Crippen LogP contribution >= 0.6 is 0 Å². The number of fused-ring (bicyclic) bond motifs is 5. The van der Waals surface area contributed by atoms with Gasteiger partial charge in [-0.15, -0.1) is 0 Å². The van der Waals surface area contributed by atoms with E-state index >= 15 is 0 Å². The molecule has 0 atom stereocenters. The molecule has 1 aliphatic rings. The first-order chi connectivity index (χ1) is 12.9. The van der Waals surface area contributed by atoms with Crippen molar-refractivity contribution >= 4 is 39.3 Å². The summed E-state index contributed by atoms with van der Waals surface area (Å²) in [6.45, 7) is 6.19. The Morgan fingerprint density at radius 1 is 1.04 bits per heavy atom. The molecule has 2 N–H and O–H groups in total. The molecule has 6 heteroatoms. The van der Waals surface area contributed by atoms with Gasteiger partial charge in [-0.3, -0.25) is 4.99 Å². The molecule has 0 radical (unpaired) electrons. The molecule has 27 heavy (non-hydrogen) atoms. The third kappa shape index (κ3) is 3.74. The normalized spacial score (nSPS) is 13.2. The van der Waals surface area contributed by atoms with Crippen LogP contribution in [0.15, 0.2) is 53.5 Å². The molecule has 0 bridgehead atoms. The molecule has 3 aromatic rings. The second-order valence-electron chi connectivity index (χ2n) is 6.34. The molecule has 1 aliphatic heterocycles. The van der Waals surface area contributed by atoms with Gasteiger partial charge in [-0.05, 0) is 36.9 Å². The molecule has 0 spiro atoms. The lowest BCUT2D eigenvalue weighted by atomic mass is 10.0. The second-order valence-corrected chi connectivity index (χ2v) is 6.34. The lowest BCUT2D eigenvalue weighted by Gasteiger charge is -2.15. The molecule has 4 rings (SSSR count). The summed E-state index contributed by atoms with van der Waals surface area (Å²) in [5.41, 5.74) is 5.15. The van der Waals surface area contributed by atoms with Gasteiger partial charge in [0, 0.05) is 29.5 Å². The number of carbonyl (C=O) groups is 2. The SMILES string of the molecule is CC1=NCCn2c1cc1cc(C)c3ccccc3c12.O=C(O)C=CC(=O)O. The Morgan fingerprint density at radius 3 is 2.30 bits per heavy atom. The number of aryl methyl sites for hydroxylation is 1. The van der Waals surface area contributed by atoms with E-state index in [1.807, 2.05) is 0 Å². The molecule has 0 saturated carbocycles. The summed E-state index contributed by atoms with van der Waals surface area (Å²) in [5, 5.41) is 19.7. The van der Waals surface area contributed by atoms with Crippen molar-refractivity contribution in [2.45, 2.75) is 20.4 Å². The van der Waals surface area contributed by atoms with Gasteiger partial charge in [0.25, 0.3) is 0 Å². The predicted molar refractivity (Wildman–Crippen MR) is 106 cm³/mol. The second kappa shape index (κ2) is 7.45. The van der Waals surface area contributed by atoms with Crippen LogP contribution in [0.1, 0.15) is 18.2 Å². The fraction of sp³-hybridized carbons (Fsp3) is 0.190. The summed E-state index contributed by atoms with van der Waals surface area (Å²) < 4.78 is 2.43. The lowest BCUT2D eigenvalue weighted by molar-refractivity contribution is -0.134. The van der Waals surface area contributed by atoms with Crippen molar-refractivity contribution in [1.82, 2.24) is 4.57 Å². The summed E-state index contributed by atoms with van der Waals surface area (Å²) >= 11 is 0. The first kappa shape index (κ1) is 18.4. The number of rotatable bonds is 2. The van der Waals surface area contributed by atoms with Gasteiger partial charge in [0.2, 0.25) is 0 Å². The predicted octanol–water partition coefficient (Wildman–Crippen LogP) is 3.64. The highest BCUT2D eigenvalue weighted by Gasteiger charge is 2.16. The Kier molecular flexibility index (Phi) is 5.07. The highest BCUT2D eigenvalue weighted by atomic mass is 16.4. The summed E-state index contributed by atoms with van der Waals surface area (Å²) in [4.78, 5) is 23.7. The van der Waals surface area contributed by atoms with Gasteiger partial charge in [-0.2, -0.15) is 0 Å². The summed E-state index contributed by atoms with van der Waals surface area (Å²) in [7, 11) is 0. The van der Waals surface area contributed by atoms with Crippen LogP contribution in [0.4, 0.5) is 0 Å². The number of carboxylic acid groups (broad SMARTS) is 2. The van der Waals surface area contributed by atoms with Gasteiger partial charge in [-0.25, -0.2) is 9.59 Å². The number of benzene rings is 2. The number of hydrogen-bond donors (Lipinski definition) is 2. The van der Waals surface area contributed by atoms with Crippen molar-refractivity contribution in [3.63, 3.8) is 0 Å². The Balaban J connectivity index is 0.000000226. The summed E-state index contributed by atoms with van der Waals surface area (Å²) in [6, 6.07) is 13.3. The van der Waals surface area contributed by atoms with Crippen molar-refractivity contribution in [3.05, 3.63) is 59.8 Å². The van der Waals surface area contributed by atoms with Crippen LogP contribution in [0.25, 0.3) is 21.7 Å². The largest absolute Gasteiger partial charge is 0.478 e. The zero-order valence-electron chi connectivity index (χ0n) is 15.1. The smallest absolute Gasteiger partial charge is 0.328 e. The third-order valence-electron chi connectivity index (χ3n) is 4.52. The summed E-state index contributed by atoms with van der Waals surface area (Å²) in [6.07, 6.45) is 1.12. The van der Waals surface area contributed by atoms with Gasteiger partial charge in [-0.1, -0.05) is 24.3 Å². The van der Waals surface area contributed by atoms with E-state index < -0.39 is 11.9 Å². The van der Waals surface area contributed by atoms with Crippen molar-refractivity contribution in [2.24, 2.45) is 4.99 Å². The standard InChI is InChI=1S/C17H16N2.C4H4O4/c1-11-9-13-10-16-12(2)18-7-8-19(16)17(13)15-6-4-3-5-14(11)15;5-3(6)1-2-4(7)8/h3-6,9-10H,7-8H2,1-2H3;1-2H,(H,5,6)(H,7,8). The zero-order chi connectivity index (χ0) is 19.6. The zero-order valence-corrected chi connectivity index (χ0v) is 15.1. The van der Waals surface area contributed by atoms with Crippen LogP contribution in [0.2, 0.25) is 0 Å². The monoisotopic (exact) mass is 364 g/mol. The van der Waals surface area contributed by atoms with E-state index in [-0.39, 0.29) is 0 Å². The maximum atomic E-state index is 9.55. The fourth-order valence-electron chi connectivity index (χ4n) is 3.40. The van der Waals surface area contributed by atoms with Crippen molar-refractivity contribution in [1.29, 1.82) is 0 Å². The van der Waals surface area contributed by atoms with E-state index in [0.717, 1.165) is 18.8 Å². The number of hydrogen-bond acceptors (Lipinski definition) is 3. The highest BCUT2D eigenvalue weighted by molar-refractivity contribution is 6.11. The third-order valence-corrected chi connectivity index (χ3v) is 4.52. The molecule has 2 heterocycles. The van der Waals surface area contributed by atoms with Gasteiger partial charge in [0.05, 0.1) is 23.5 Å². The molecule has 138 valence electrons. The lowest BCUT2D eigenvalue weighted by Crippen LogP contribution is -2.15. The van der Waals surface area contributed by atoms with Crippen molar-refractivity contribution in [2.75, 3.05) is 6.54 Å². The molecular weight excluding hydrogens is 344 g/mol. The molecule has 0 amide bonds. The Hall–Kier alpha value is -3.41. The molecule has 6 nitrogen and oxygen atoms in total. The molecule has 0 saturated heterocycles. The minimum Gasteiger partial charge on any atom is -0.478 e. The first-order valence-corrected chi connectivity index (χ1v) is 8.55. The Labute approximate surface area is 156 Å². The van der Waals surface area contributed by atoms with Crippen LogP contribution in [0.3, 0.4) is 0 Å². The highest BCUT2D eigenvalue weighted by Crippen LogP contribution is 2.32. The summed E-state index contributed by atoms with van der Waals surface area (Å²) in [5.74, 6) is -2.51. The molecule has 0 unspecified atom stereocenters. The number of aliphatic imine (C=N–C) groups is 1. The van der Waals surface area contributed by atoms with Crippen molar-refractivity contribution in [3.8, 4) is 0 Å². The Bertz CT molecular complexity index is 1090. The van der Waals surface area contributed by atoms with Crippen LogP contribution in [0, 0.1) is 6.92 Å². The van der Waals surface area contributed by atoms with E-state index in [1.165, 1.54) is 32.9 Å². The van der Waals surface area contributed by atoms with Crippen LogP contribution in [-0.2, 0) is 16.1 Å². The molecule has 0 aliphatic carbocycles. The average Bonchev–Trinajstić information content (AvgIpc) is 3.01. The number of nitrogens with zero attached hydrogens (tertiary/aromatic N) is 2. The topological polar surface area (TPSA) is 91.9 Å². The molecule has 1 aromatic heterocycles. The van der Waals surface area contributed by atoms with Gasteiger partial charge in [0.15, 0.2) is 0 Å². The van der Waals surface area contributed by atoms with E-state index in [2.05, 4.69) is 59.8 Å². The van der Waals surface area contributed by atoms with Crippen LogP contribution in [0.5, 0.6) is 0 Å². The number of aliphatic carboxylic acids is 2. The maximum absolute atomic E-state index is 9.55. The fourth-order valence-corrected chi connectivity index (χ4v) is 3.40. The average molecular weight is 364 g/mol. The maximum Gasteiger partial charge on any atom is 0.328 e. The van der Waals surface area contributed by atoms with Gasteiger partial charge >= 0.3 is 11.9 Å². The van der Waals surface area contributed by atoms with E-state index in [9.17, 15) is 9.59 Å². The van der Waals surface area contributed by atoms with Gasteiger partial charge < -0.3 is 14.8 Å². The number of aromatic nitrogens is 1. The molecular formula is C21H20N2O4. The van der Waals surface area contributed by atoms with Gasteiger partial charge in [0.1, 0.15) is 0 Å². The first-order valence-electron chi connectivity index (χ1n) is 8.55. The quantitative estimate of drug-likeness (QED) is 0.679. The molecule has 0 fully saturated rings. The minimum atomic E-state index is -1.26. The number of carboxylic acids is 2.